The van der Waals surface area contributed by atoms with Crippen LogP contribution in [0.5, 0.6) is 0 Å². The smallest absolute Gasteiger partial charge is 0.337 e. The van der Waals surface area contributed by atoms with Crippen molar-refractivity contribution in [2.45, 2.75) is 47.5 Å². The summed E-state index contributed by atoms with van der Waals surface area (Å²) >= 11 is 0. The topological polar surface area (TPSA) is 26.3 Å². The number of ether oxygens (including phenoxy) is 1. The predicted octanol–water partition coefficient (Wildman–Crippen LogP) is 4.65. The minimum Gasteiger partial charge on any atom is -0.465 e. The first-order valence-electron chi connectivity index (χ1n) is 6.33. The van der Waals surface area contributed by atoms with Gasteiger partial charge >= 0.3 is 5.97 Å². The van der Waals surface area contributed by atoms with Crippen LogP contribution in [0.4, 0.5) is 0 Å². The average molecular weight is 238 g/mol. The average Bonchev–Trinajstić information content (AvgIpc) is 2.42. The van der Waals surface area contributed by atoms with Gasteiger partial charge in [-0.25, -0.2) is 4.79 Å². The molecule has 1 rings (SSSR count). The van der Waals surface area contributed by atoms with E-state index in [1.54, 1.807) is 6.07 Å². The first-order valence-corrected chi connectivity index (χ1v) is 6.33. The van der Waals surface area contributed by atoms with Gasteiger partial charge in [-0.1, -0.05) is 53.7 Å². The Bertz CT molecular complexity index is 304. The molecule has 0 saturated carbocycles. The summed E-state index contributed by atoms with van der Waals surface area (Å²) in [5.74, 6) is 0.159. The van der Waals surface area contributed by atoms with Gasteiger partial charge in [0.05, 0.1) is 12.7 Å². The monoisotopic (exact) mass is 238 g/mol. The van der Waals surface area contributed by atoms with E-state index in [1.807, 2.05) is 45.9 Å². The highest BCUT2D eigenvalue weighted by molar-refractivity contribution is 5.89. The summed E-state index contributed by atoms with van der Waals surface area (Å²) in [4.78, 5) is 11.2. The van der Waals surface area contributed by atoms with E-state index >= 15 is 0 Å². The van der Waals surface area contributed by atoms with E-state index in [0.29, 0.717) is 11.5 Å². The van der Waals surface area contributed by atoms with Crippen LogP contribution < -0.4 is 0 Å². The van der Waals surface area contributed by atoms with Gasteiger partial charge in [-0.2, -0.15) is 0 Å². The van der Waals surface area contributed by atoms with Crippen LogP contribution in [0.2, 0.25) is 0 Å². The van der Waals surface area contributed by atoms with Crippen molar-refractivity contribution < 1.29 is 9.53 Å². The molecule has 0 atom stereocenters. The van der Waals surface area contributed by atoms with Gasteiger partial charge in [-0.05, 0) is 23.6 Å². The lowest BCUT2D eigenvalue weighted by atomic mass is 10.0. The van der Waals surface area contributed by atoms with Crippen LogP contribution in [-0.2, 0) is 4.74 Å². The molecule has 0 fully saturated rings. The Morgan fingerprint density at radius 3 is 2.06 bits per heavy atom. The molecular formula is C15H26O2. The minimum absolute atomic E-state index is 0.275. The van der Waals surface area contributed by atoms with Crippen LogP contribution in [0.15, 0.2) is 24.3 Å². The summed E-state index contributed by atoms with van der Waals surface area (Å²) in [5.41, 5.74) is 1.77. The van der Waals surface area contributed by atoms with Crippen molar-refractivity contribution in [1.29, 1.82) is 0 Å². The zero-order valence-corrected chi connectivity index (χ0v) is 12.2. The molecule has 0 bridgehead atoms. The Kier molecular flexibility index (Phi) is 11.9. The Morgan fingerprint density at radius 2 is 1.65 bits per heavy atom. The molecule has 2 nitrogen and oxygen atoms in total. The van der Waals surface area contributed by atoms with Gasteiger partial charge in [0, 0.05) is 0 Å². The summed E-state index contributed by atoms with van der Waals surface area (Å²) in [7, 11) is 1.39. The van der Waals surface area contributed by atoms with Crippen LogP contribution in [0.1, 0.15) is 63.4 Å². The third-order valence-electron chi connectivity index (χ3n) is 1.97. The second kappa shape index (κ2) is 11.2. The lowest BCUT2D eigenvalue weighted by Gasteiger charge is -2.06. The fourth-order valence-electron chi connectivity index (χ4n) is 1.14. The molecule has 1 aromatic carbocycles. The second-order valence-electron chi connectivity index (χ2n) is 3.27. The molecule has 0 aliphatic rings. The van der Waals surface area contributed by atoms with Crippen LogP contribution in [-0.4, -0.2) is 13.1 Å². The van der Waals surface area contributed by atoms with Gasteiger partial charge in [-0.3, -0.25) is 0 Å². The summed E-state index contributed by atoms with van der Waals surface area (Å²) in [6, 6.07) is 7.52. The molecule has 0 radical (unpaired) electrons. The lowest BCUT2D eigenvalue weighted by molar-refractivity contribution is 0.0600. The Labute approximate surface area is 106 Å². The summed E-state index contributed by atoms with van der Waals surface area (Å²) in [6.45, 7) is 12.2. The van der Waals surface area contributed by atoms with Gasteiger partial charge in [0.2, 0.25) is 0 Å². The first kappa shape index (κ1) is 18.1. The SMILES string of the molecule is CC.CC.COC(=O)c1cccc(C(C)C)c1. The van der Waals surface area contributed by atoms with E-state index in [1.165, 1.54) is 7.11 Å². The Morgan fingerprint density at radius 1 is 1.12 bits per heavy atom. The Balaban J connectivity index is 0. The zero-order valence-electron chi connectivity index (χ0n) is 12.2. The van der Waals surface area contributed by atoms with E-state index in [-0.39, 0.29) is 5.97 Å². The van der Waals surface area contributed by atoms with Crippen LogP contribution >= 0.6 is 0 Å². The van der Waals surface area contributed by atoms with Gasteiger partial charge in [-0.15, -0.1) is 0 Å². The maximum absolute atomic E-state index is 11.2. The van der Waals surface area contributed by atoms with Crippen molar-refractivity contribution in [3.63, 3.8) is 0 Å². The molecule has 17 heavy (non-hydrogen) atoms. The molecule has 2 heteroatoms. The number of hydrogen-bond acceptors (Lipinski definition) is 2. The number of hydrogen-bond donors (Lipinski definition) is 0. The van der Waals surface area contributed by atoms with Crippen molar-refractivity contribution >= 4 is 5.97 Å². The van der Waals surface area contributed by atoms with E-state index in [9.17, 15) is 4.79 Å². The highest BCUT2D eigenvalue weighted by Crippen LogP contribution is 2.15. The Hall–Kier alpha value is -1.31. The zero-order chi connectivity index (χ0) is 13.8. The van der Waals surface area contributed by atoms with E-state index in [0.717, 1.165) is 5.56 Å². The molecule has 1 aromatic rings. The maximum atomic E-state index is 11.2. The molecule has 0 amide bonds. The van der Waals surface area contributed by atoms with Crippen LogP contribution in [0, 0.1) is 0 Å². The van der Waals surface area contributed by atoms with Crippen LogP contribution in [0.3, 0.4) is 0 Å². The molecule has 0 spiro atoms. The molecule has 0 heterocycles. The number of rotatable bonds is 2. The number of carbonyl (C=O) groups is 1. The lowest BCUT2D eigenvalue weighted by Crippen LogP contribution is -2.01. The van der Waals surface area contributed by atoms with Crippen molar-refractivity contribution in [2.75, 3.05) is 7.11 Å². The quantitative estimate of drug-likeness (QED) is 0.701. The largest absolute Gasteiger partial charge is 0.465 e. The molecule has 0 aromatic heterocycles. The van der Waals surface area contributed by atoms with E-state index < -0.39 is 0 Å². The summed E-state index contributed by atoms with van der Waals surface area (Å²) < 4.78 is 4.63. The van der Waals surface area contributed by atoms with Crippen molar-refractivity contribution in [1.82, 2.24) is 0 Å². The third kappa shape index (κ3) is 6.77. The number of methoxy groups -OCH3 is 1. The second-order valence-corrected chi connectivity index (χ2v) is 3.27. The molecule has 0 N–H and O–H groups in total. The molecule has 0 aliphatic heterocycles. The van der Waals surface area contributed by atoms with Crippen molar-refractivity contribution in [3.8, 4) is 0 Å². The van der Waals surface area contributed by atoms with Crippen molar-refractivity contribution in [3.05, 3.63) is 35.4 Å². The molecule has 0 unspecified atom stereocenters. The fraction of sp³-hybridized carbons (Fsp3) is 0.533. The van der Waals surface area contributed by atoms with Gasteiger partial charge in [0.25, 0.3) is 0 Å². The molecular weight excluding hydrogens is 212 g/mol. The normalized spacial score (nSPS) is 8.47. The third-order valence-corrected chi connectivity index (χ3v) is 1.97. The molecule has 0 aliphatic carbocycles. The maximum Gasteiger partial charge on any atom is 0.337 e. The summed E-state index contributed by atoms with van der Waals surface area (Å²) in [6.07, 6.45) is 0. The van der Waals surface area contributed by atoms with Crippen molar-refractivity contribution in [2.24, 2.45) is 0 Å². The molecule has 98 valence electrons. The summed E-state index contributed by atoms with van der Waals surface area (Å²) in [5, 5.41) is 0. The number of carbonyl (C=O) groups excluding carboxylic acids is 1. The van der Waals surface area contributed by atoms with E-state index in [2.05, 4.69) is 18.6 Å². The molecule has 0 saturated heterocycles. The number of benzene rings is 1. The highest BCUT2D eigenvalue weighted by atomic mass is 16.5. The minimum atomic E-state index is -0.275. The van der Waals surface area contributed by atoms with Gasteiger partial charge in [0.1, 0.15) is 0 Å². The highest BCUT2D eigenvalue weighted by Gasteiger charge is 2.06. The predicted molar refractivity (Wildman–Crippen MR) is 74.6 cm³/mol. The standard InChI is InChI=1S/C11H14O2.2C2H6/c1-8(2)9-5-4-6-10(7-9)11(12)13-3;2*1-2/h4-8H,1-3H3;2*1-2H3. The number of esters is 1. The van der Waals surface area contributed by atoms with Gasteiger partial charge in [0.15, 0.2) is 0 Å². The van der Waals surface area contributed by atoms with Crippen LogP contribution in [0.25, 0.3) is 0 Å². The first-order chi connectivity index (χ1) is 8.15. The van der Waals surface area contributed by atoms with E-state index in [4.69, 9.17) is 0 Å². The fourth-order valence-corrected chi connectivity index (χ4v) is 1.14. The van der Waals surface area contributed by atoms with Gasteiger partial charge < -0.3 is 4.74 Å².